The van der Waals surface area contributed by atoms with E-state index in [0.717, 1.165) is 6.42 Å². The van der Waals surface area contributed by atoms with E-state index < -0.39 is 0 Å². The van der Waals surface area contributed by atoms with Crippen molar-refractivity contribution in [1.82, 2.24) is 4.90 Å². The first-order chi connectivity index (χ1) is 9.59. The molecule has 4 nitrogen and oxygen atoms in total. The number of halogens is 2. The Morgan fingerprint density at radius 1 is 1.15 bits per heavy atom. The number of hydrogen-bond acceptors (Lipinski definition) is 3. The summed E-state index contributed by atoms with van der Waals surface area (Å²) in [7, 11) is 0. The third kappa shape index (κ3) is 1.58. The fourth-order valence-electron chi connectivity index (χ4n) is 4.12. The molecule has 0 unspecified atom stereocenters. The van der Waals surface area contributed by atoms with Crippen molar-refractivity contribution in [3.8, 4) is 0 Å². The lowest BCUT2D eigenvalue weighted by molar-refractivity contribution is -0.141. The third-order valence-electron chi connectivity index (χ3n) is 4.97. The topological polar surface area (TPSA) is 50.5 Å². The van der Waals surface area contributed by atoms with E-state index in [1.165, 1.54) is 4.90 Å². The Labute approximate surface area is 133 Å². The van der Waals surface area contributed by atoms with Crippen molar-refractivity contribution >= 4 is 43.7 Å². The largest absolute Gasteiger partial charge is 0.467 e. The molecule has 2 amide bonds. The molecule has 4 rings (SSSR count). The maximum Gasteiger partial charge on any atom is 0.233 e. The zero-order valence-electron chi connectivity index (χ0n) is 10.5. The van der Waals surface area contributed by atoms with Gasteiger partial charge in [-0.3, -0.25) is 14.5 Å². The molecule has 0 aromatic carbocycles. The van der Waals surface area contributed by atoms with Crippen molar-refractivity contribution < 1.29 is 14.0 Å². The number of alkyl halides is 2. The molecule has 1 saturated heterocycles. The number of carbonyl (C=O) groups is 2. The summed E-state index contributed by atoms with van der Waals surface area (Å²) in [6, 6.07) is 3.57. The van der Waals surface area contributed by atoms with Gasteiger partial charge in [-0.1, -0.05) is 31.9 Å². The molecular formula is C14H13Br2NO3. The highest BCUT2D eigenvalue weighted by atomic mass is 79.9. The van der Waals surface area contributed by atoms with Crippen molar-refractivity contribution in [2.24, 2.45) is 23.7 Å². The molecule has 6 atom stereocenters. The molecule has 1 aliphatic heterocycles. The van der Waals surface area contributed by atoms with Gasteiger partial charge in [0, 0.05) is 9.65 Å². The van der Waals surface area contributed by atoms with E-state index in [2.05, 4.69) is 31.9 Å². The van der Waals surface area contributed by atoms with Gasteiger partial charge in [0.25, 0.3) is 0 Å². The lowest BCUT2D eigenvalue weighted by Gasteiger charge is -2.28. The van der Waals surface area contributed by atoms with Crippen LogP contribution in [0.15, 0.2) is 22.8 Å². The van der Waals surface area contributed by atoms with E-state index in [4.69, 9.17) is 4.42 Å². The number of fused-ring (bicyclic) bond motifs is 5. The van der Waals surface area contributed by atoms with Gasteiger partial charge >= 0.3 is 0 Å². The highest BCUT2D eigenvalue weighted by molar-refractivity contribution is 9.12. The van der Waals surface area contributed by atoms with Crippen LogP contribution in [0.25, 0.3) is 0 Å². The highest BCUT2D eigenvalue weighted by Crippen LogP contribution is 2.60. The molecule has 106 valence electrons. The third-order valence-corrected chi connectivity index (χ3v) is 8.18. The lowest BCUT2D eigenvalue weighted by Crippen LogP contribution is -2.37. The van der Waals surface area contributed by atoms with E-state index in [1.54, 1.807) is 18.4 Å². The number of hydrogen-bond donors (Lipinski definition) is 0. The Kier molecular flexibility index (Phi) is 2.90. The van der Waals surface area contributed by atoms with Gasteiger partial charge < -0.3 is 4.42 Å². The number of furan rings is 1. The fourth-order valence-corrected chi connectivity index (χ4v) is 6.00. The van der Waals surface area contributed by atoms with Crippen LogP contribution in [0.3, 0.4) is 0 Å². The Morgan fingerprint density at radius 3 is 2.25 bits per heavy atom. The summed E-state index contributed by atoms with van der Waals surface area (Å²) in [5.74, 6) is 0.881. The average molecular weight is 403 g/mol. The molecule has 0 N–H and O–H groups in total. The number of likely N-dealkylation sites (tertiary alicyclic amines) is 1. The highest BCUT2D eigenvalue weighted by Gasteiger charge is 2.66. The van der Waals surface area contributed by atoms with E-state index in [9.17, 15) is 9.59 Å². The SMILES string of the molecule is O=C1[C@@H]2[C@H]3C[C@@H]([C@H](Br)[C@@H]3Br)[C@@H]2C(=O)N1Cc1ccco1. The molecule has 1 aromatic rings. The molecular weight excluding hydrogens is 390 g/mol. The number of rotatable bonds is 2. The van der Waals surface area contributed by atoms with Crippen molar-refractivity contribution in [2.45, 2.75) is 22.6 Å². The molecule has 6 heteroatoms. The molecule has 2 bridgehead atoms. The summed E-state index contributed by atoms with van der Waals surface area (Å²) < 4.78 is 5.26. The zero-order valence-corrected chi connectivity index (χ0v) is 13.7. The first-order valence-electron chi connectivity index (χ1n) is 6.75. The number of imide groups is 1. The lowest BCUT2D eigenvalue weighted by atomic mass is 9.81. The van der Waals surface area contributed by atoms with Crippen LogP contribution in [0.5, 0.6) is 0 Å². The molecule has 3 aliphatic rings. The second-order valence-corrected chi connectivity index (χ2v) is 7.96. The Bertz CT molecular complexity index is 541. The van der Waals surface area contributed by atoms with Crippen molar-refractivity contribution in [3.63, 3.8) is 0 Å². The molecule has 0 radical (unpaired) electrons. The Morgan fingerprint density at radius 2 is 1.75 bits per heavy atom. The molecule has 20 heavy (non-hydrogen) atoms. The normalized spacial score (nSPS) is 42.6. The summed E-state index contributed by atoms with van der Waals surface area (Å²) in [6.45, 7) is 0.261. The van der Waals surface area contributed by atoms with Gasteiger partial charge in [0.2, 0.25) is 11.8 Å². The minimum Gasteiger partial charge on any atom is -0.467 e. The van der Waals surface area contributed by atoms with Gasteiger partial charge in [-0.2, -0.15) is 0 Å². The van der Waals surface area contributed by atoms with Crippen molar-refractivity contribution in [1.29, 1.82) is 0 Å². The van der Waals surface area contributed by atoms with Gasteiger partial charge in [0.05, 0.1) is 24.6 Å². The van der Waals surface area contributed by atoms with Gasteiger partial charge in [-0.05, 0) is 30.4 Å². The number of nitrogens with zero attached hydrogens (tertiary/aromatic N) is 1. The number of carbonyl (C=O) groups excluding carboxylic acids is 2. The van der Waals surface area contributed by atoms with E-state index in [0.29, 0.717) is 5.76 Å². The van der Waals surface area contributed by atoms with Crippen LogP contribution in [0.4, 0.5) is 0 Å². The summed E-state index contributed by atoms with van der Waals surface area (Å²) >= 11 is 7.36. The van der Waals surface area contributed by atoms with Crippen LogP contribution in [-0.4, -0.2) is 26.4 Å². The molecule has 2 saturated carbocycles. The maximum atomic E-state index is 12.6. The predicted molar refractivity (Wildman–Crippen MR) is 78.3 cm³/mol. The monoisotopic (exact) mass is 401 g/mol. The van der Waals surface area contributed by atoms with Crippen LogP contribution >= 0.6 is 31.9 Å². The second kappa shape index (κ2) is 4.44. The molecule has 0 spiro atoms. The smallest absolute Gasteiger partial charge is 0.233 e. The fraction of sp³-hybridized carbons (Fsp3) is 0.571. The van der Waals surface area contributed by atoms with Crippen LogP contribution < -0.4 is 0 Å². The van der Waals surface area contributed by atoms with Crippen molar-refractivity contribution in [3.05, 3.63) is 24.2 Å². The summed E-state index contributed by atoms with van der Waals surface area (Å²) in [5.41, 5.74) is 0. The minimum absolute atomic E-state index is 0.0206. The molecule has 2 aliphatic carbocycles. The van der Waals surface area contributed by atoms with Gasteiger partial charge in [-0.15, -0.1) is 0 Å². The number of amides is 2. The minimum atomic E-state index is -0.138. The quantitative estimate of drug-likeness (QED) is 0.564. The van der Waals surface area contributed by atoms with Gasteiger partial charge in [0.1, 0.15) is 5.76 Å². The van der Waals surface area contributed by atoms with Crippen LogP contribution in [0, 0.1) is 23.7 Å². The van der Waals surface area contributed by atoms with Gasteiger partial charge in [0.15, 0.2) is 0 Å². The first kappa shape index (κ1) is 13.1. The zero-order chi connectivity index (χ0) is 14.0. The molecule has 3 fully saturated rings. The molecule has 1 aromatic heterocycles. The maximum absolute atomic E-state index is 12.6. The van der Waals surface area contributed by atoms with E-state index >= 15 is 0 Å². The van der Waals surface area contributed by atoms with Crippen molar-refractivity contribution in [2.75, 3.05) is 0 Å². The van der Waals surface area contributed by atoms with E-state index in [-0.39, 0.29) is 51.7 Å². The summed E-state index contributed by atoms with van der Waals surface area (Å²) in [5, 5.41) is 0. The van der Waals surface area contributed by atoms with Crippen LogP contribution in [0.2, 0.25) is 0 Å². The van der Waals surface area contributed by atoms with E-state index in [1.807, 2.05) is 0 Å². The summed E-state index contributed by atoms with van der Waals surface area (Å²) in [6.07, 6.45) is 2.53. The second-order valence-electron chi connectivity index (χ2n) is 5.85. The van der Waals surface area contributed by atoms with Crippen LogP contribution in [0.1, 0.15) is 12.2 Å². The average Bonchev–Trinajstić information content (AvgIpc) is 3.15. The molecule has 2 heterocycles. The van der Waals surface area contributed by atoms with Crippen LogP contribution in [-0.2, 0) is 16.1 Å². The summed E-state index contributed by atoms with van der Waals surface area (Å²) in [4.78, 5) is 27.1. The Hall–Kier alpha value is -0.620. The Balaban J connectivity index is 1.64. The first-order valence-corrected chi connectivity index (χ1v) is 8.58. The standard InChI is InChI=1S/C14H13Br2NO3/c15-11-7-4-8(12(11)16)10-9(7)13(18)17(14(10)19)5-6-2-1-3-20-6/h1-3,7-12H,4-5H2/t7-,8-,9-,10+,11-,12+/m1/s1. The van der Waals surface area contributed by atoms with Gasteiger partial charge in [-0.25, -0.2) is 0 Å². The predicted octanol–water partition coefficient (Wildman–Crippen LogP) is 2.56.